The van der Waals surface area contributed by atoms with Crippen LogP contribution in [0.3, 0.4) is 0 Å². The van der Waals surface area contributed by atoms with Crippen LogP contribution in [0.2, 0.25) is 0 Å². The Bertz CT molecular complexity index is 625. The molecule has 2 aliphatic rings. The fourth-order valence-corrected chi connectivity index (χ4v) is 6.39. The molecule has 2 fully saturated rings. The second kappa shape index (κ2) is 5.42. The van der Waals surface area contributed by atoms with Crippen LogP contribution in [-0.2, 0) is 16.3 Å². The van der Waals surface area contributed by atoms with E-state index in [1.807, 2.05) is 12.1 Å². The molecule has 0 amide bonds. The molecule has 0 aliphatic carbocycles. The molecule has 1 aromatic carbocycles. The Labute approximate surface area is 131 Å². The highest BCUT2D eigenvalue weighted by Gasteiger charge is 2.52. The summed E-state index contributed by atoms with van der Waals surface area (Å²) in [5.41, 5.74) is -0.0634. The van der Waals surface area contributed by atoms with Gasteiger partial charge in [0, 0.05) is 12.5 Å². The summed E-state index contributed by atoms with van der Waals surface area (Å²) in [5.74, 6) is 1.34. The number of hydrogen-bond donors (Lipinski definition) is 1. The SMILES string of the molecule is COc1cc(CC2(O)CC3CCC(C2)S3(=O)=O)cc(OC)c1. The van der Waals surface area contributed by atoms with Crippen molar-refractivity contribution in [2.45, 2.75) is 48.2 Å². The van der Waals surface area contributed by atoms with Crippen LogP contribution < -0.4 is 9.47 Å². The summed E-state index contributed by atoms with van der Waals surface area (Å²) in [4.78, 5) is 0. The predicted molar refractivity (Wildman–Crippen MR) is 83.2 cm³/mol. The van der Waals surface area contributed by atoms with E-state index >= 15 is 0 Å². The lowest BCUT2D eigenvalue weighted by atomic mass is 9.86. The molecule has 122 valence electrons. The monoisotopic (exact) mass is 326 g/mol. The second-order valence-corrected chi connectivity index (χ2v) is 8.95. The average molecular weight is 326 g/mol. The van der Waals surface area contributed by atoms with Crippen molar-refractivity contribution in [3.63, 3.8) is 0 Å². The lowest BCUT2D eigenvalue weighted by molar-refractivity contribution is 0.0219. The maximum Gasteiger partial charge on any atom is 0.156 e. The molecule has 2 atom stereocenters. The first-order valence-corrected chi connectivity index (χ1v) is 9.14. The van der Waals surface area contributed by atoms with Crippen molar-refractivity contribution in [3.05, 3.63) is 23.8 Å². The van der Waals surface area contributed by atoms with E-state index in [0.29, 0.717) is 43.6 Å². The van der Waals surface area contributed by atoms with Gasteiger partial charge in [0.05, 0.1) is 30.3 Å². The minimum atomic E-state index is -3.03. The first-order valence-electron chi connectivity index (χ1n) is 7.53. The quantitative estimate of drug-likeness (QED) is 0.912. The van der Waals surface area contributed by atoms with Crippen LogP contribution in [0.25, 0.3) is 0 Å². The van der Waals surface area contributed by atoms with Crippen LogP contribution in [0.4, 0.5) is 0 Å². The molecular weight excluding hydrogens is 304 g/mol. The highest BCUT2D eigenvalue weighted by molar-refractivity contribution is 7.93. The number of sulfone groups is 1. The zero-order valence-electron chi connectivity index (χ0n) is 12.9. The van der Waals surface area contributed by atoms with Gasteiger partial charge >= 0.3 is 0 Å². The van der Waals surface area contributed by atoms with Crippen LogP contribution in [-0.4, -0.2) is 43.8 Å². The molecule has 2 heterocycles. The van der Waals surface area contributed by atoms with Crippen LogP contribution >= 0.6 is 0 Å². The molecule has 22 heavy (non-hydrogen) atoms. The van der Waals surface area contributed by atoms with E-state index in [-0.39, 0.29) is 10.5 Å². The highest BCUT2D eigenvalue weighted by atomic mass is 32.2. The standard InChI is InChI=1S/C16H22O5S/c1-20-12-5-11(6-13(7-12)21-2)8-16(17)9-14-3-4-15(10-16)22(14,18)19/h5-7,14-15,17H,3-4,8-10H2,1-2H3. The third kappa shape index (κ3) is 2.70. The van der Waals surface area contributed by atoms with Gasteiger partial charge < -0.3 is 14.6 Å². The van der Waals surface area contributed by atoms with E-state index in [4.69, 9.17) is 9.47 Å². The van der Waals surface area contributed by atoms with E-state index in [1.54, 1.807) is 20.3 Å². The van der Waals surface area contributed by atoms with Gasteiger partial charge in [-0.3, -0.25) is 0 Å². The minimum absolute atomic E-state index is 0.325. The molecule has 5 nitrogen and oxygen atoms in total. The average Bonchev–Trinajstić information content (AvgIpc) is 2.65. The molecule has 0 radical (unpaired) electrons. The Morgan fingerprint density at radius 3 is 2.05 bits per heavy atom. The van der Waals surface area contributed by atoms with E-state index in [1.165, 1.54) is 0 Å². The molecule has 2 bridgehead atoms. The summed E-state index contributed by atoms with van der Waals surface area (Å²) in [5, 5.41) is 10.1. The van der Waals surface area contributed by atoms with Crippen LogP contribution in [0.5, 0.6) is 11.5 Å². The summed E-state index contributed by atoms with van der Waals surface area (Å²) < 4.78 is 34.8. The van der Waals surface area contributed by atoms with Gasteiger partial charge in [0.25, 0.3) is 0 Å². The largest absolute Gasteiger partial charge is 0.497 e. The number of rotatable bonds is 4. The zero-order valence-corrected chi connectivity index (χ0v) is 13.7. The Morgan fingerprint density at radius 2 is 1.59 bits per heavy atom. The van der Waals surface area contributed by atoms with E-state index in [0.717, 1.165) is 5.56 Å². The molecule has 1 N–H and O–H groups in total. The highest BCUT2D eigenvalue weighted by Crippen LogP contribution is 2.44. The third-order valence-corrected chi connectivity index (χ3v) is 7.56. The van der Waals surface area contributed by atoms with Crippen molar-refractivity contribution in [2.24, 2.45) is 0 Å². The van der Waals surface area contributed by atoms with Gasteiger partial charge in [0.1, 0.15) is 11.5 Å². The molecule has 6 heteroatoms. The van der Waals surface area contributed by atoms with Crippen molar-refractivity contribution in [1.29, 1.82) is 0 Å². The fourth-order valence-electron chi connectivity index (χ4n) is 3.83. The maximum atomic E-state index is 12.2. The second-order valence-electron chi connectivity index (χ2n) is 6.44. The maximum absolute atomic E-state index is 12.2. The summed E-state index contributed by atoms with van der Waals surface area (Å²) >= 11 is 0. The normalized spacial score (nSPS) is 32.7. The van der Waals surface area contributed by atoms with Crippen molar-refractivity contribution < 1.29 is 23.0 Å². The molecule has 2 saturated heterocycles. The smallest absolute Gasteiger partial charge is 0.156 e. The lowest BCUT2D eigenvalue weighted by Crippen LogP contribution is -2.46. The van der Waals surface area contributed by atoms with Gasteiger partial charge in [0.2, 0.25) is 0 Å². The van der Waals surface area contributed by atoms with Gasteiger partial charge in [-0.05, 0) is 43.4 Å². The molecule has 3 rings (SSSR count). The summed E-state index contributed by atoms with van der Waals surface area (Å²) in [6, 6.07) is 5.51. The Morgan fingerprint density at radius 1 is 1.09 bits per heavy atom. The molecule has 0 spiro atoms. The molecule has 2 aliphatic heterocycles. The van der Waals surface area contributed by atoms with E-state index in [2.05, 4.69) is 0 Å². The number of hydrogen-bond acceptors (Lipinski definition) is 5. The molecule has 0 saturated carbocycles. The van der Waals surface area contributed by atoms with Gasteiger partial charge in [-0.25, -0.2) is 8.42 Å². The van der Waals surface area contributed by atoms with Crippen molar-refractivity contribution in [2.75, 3.05) is 14.2 Å². The van der Waals surface area contributed by atoms with Crippen LogP contribution in [0.15, 0.2) is 18.2 Å². The minimum Gasteiger partial charge on any atom is -0.497 e. The van der Waals surface area contributed by atoms with E-state index in [9.17, 15) is 13.5 Å². The Kier molecular flexibility index (Phi) is 3.85. The summed E-state index contributed by atoms with van der Waals surface area (Å²) in [6.07, 6.45) is 2.42. The van der Waals surface area contributed by atoms with Crippen LogP contribution in [0, 0.1) is 0 Å². The summed E-state index contributed by atoms with van der Waals surface area (Å²) in [7, 11) is 0.141. The van der Waals surface area contributed by atoms with Crippen LogP contribution in [0.1, 0.15) is 31.2 Å². The number of benzene rings is 1. The predicted octanol–water partition coefficient (Wildman–Crippen LogP) is 1.72. The third-order valence-electron chi connectivity index (χ3n) is 4.90. The Hall–Kier alpha value is -1.27. The zero-order chi connectivity index (χ0) is 16.0. The van der Waals surface area contributed by atoms with Gasteiger partial charge in [-0.2, -0.15) is 0 Å². The van der Waals surface area contributed by atoms with Gasteiger partial charge in [0.15, 0.2) is 9.84 Å². The molecule has 1 aromatic rings. The number of fused-ring (bicyclic) bond motifs is 2. The molecule has 2 unspecified atom stereocenters. The molecule has 0 aromatic heterocycles. The van der Waals surface area contributed by atoms with Crippen molar-refractivity contribution in [1.82, 2.24) is 0 Å². The lowest BCUT2D eigenvalue weighted by Gasteiger charge is -2.36. The van der Waals surface area contributed by atoms with E-state index < -0.39 is 15.4 Å². The number of methoxy groups -OCH3 is 2. The molecular formula is C16H22O5S. The first-order chi connectivity index (χ1) is 10.4. The topological polar surface area (TPSA) is 72.8 Å². The number of aliphatic hydroxyl groups is 1. The number of ether oxygens (including phenoxy) is 2. The fraction of sp³-hybridized carbons (Fsp3) is 0.625. The van der Waals surface area contributed by atoms with Gasteiger partial charge in [-0.1, -0.05) is 0 Å². The van der Waals surface area contributed by atoms with Gasteiger partial charge in [-0.15, -0.1) is 0 Å². The summed E-state index contributed by atoms with van der Waals surface area (Å²) in [6.45, 7) is 0. The first kappa shape index (κ1) is 15.6. The van der Waals surface area contributed by atoms with Crippen molar-refractivity contribution in [3.8, 4) is 11.5 Å². The Balaban J connectivity index is 1.84. The van der Waals surface area contributed by atoms with Crippen molar-refractivity contribution >= 4 is 9.84 Å².